The summed E-state index contributed by atoms with van der Waals surface area (Å²) in [5.41, 5.74) is -1.87. The lowest BCUT2D eigenvalue weighted by Gasteiger charge is -2.11. The van der Waals surface area contributed by atoms with Gasteiger partial charge in [0.2, 0.25) is 0 Å². The van der Waals surface area contributed by atoms with Gasteiger partial charge in [0.05, 0.1) is 23.0 Å². The number of rotatable bonds is 2. The SMILES string of the molecule is Cc1cc(CC#N)c(C(F)(F)F)cc1[N+](=O)[O-]. The van der Waals surface area contributed by atoms with Crippen LogP contribution in [0.15, 0.2) is 12.1 Å². The van der Waals surface area contributed by atoms with Gasteiger partial charge < -0.3 is 0 Å². The molecule has 0 saturated carbocycles. The first-order valence-corrected chi connectivity index (χ1v) is 4.49. The standard InChI is InChI=1S/C10H7F3N2O2/c1-6-4-7(2-3-14)8(10(11,12)13)5-9(6)15(16)17/h4-5H,2H2,1H3. The van der Waals surface area contributed by atoms with Crippen molar-refractivity contribution in [3.63, 3.8) is 0 Å². The van der Waals surface area contributed by atoms with E-state index in [4.69, 9.17) is 5.26 Å². The quantitative estimate of drug-likeness (QED) is 0.593. The first-order valence-electron chi connectivity index (χ1n) is 4.49. The second-order valence-electron chi connectivity index (χ2n) is 3.39. The van der Waals surface area contributed by atoms with Crippen LogP contribution in [-0.4, -0.2) is 4.92 Å². The van der Waals surface area contributed by atoms with Crippen LogP contribution in [0.5, 0.6) is 0 Å². The Bertz CT molecular complexity index is 503. The lowest BCUT2D eigenvalue weighted by molar-refractivity contribution is -0.385. The maximum absolute atomic E-state index is 12.6. The number of hydrogen-bond donors (Lipinski definition) is 0. The van der Waals surface area contributed by atoms with Gasteiger partial charge in [-0.05, 0) is 18.6 Å². The van der Waals surface area contributed by atoms with E-state index in [2.05, 4.69) is 0 Å². The summed E-state index contributed by atoms with van der Waals surface area (Å²) in [5.74, 6) is 0. The van der Waals surface area contributed by atoms with Crippen molar-refractivity contribution >= 4 is 5.69 Å². The van der Waals surface area contributed by atoms with Crippen LogP contribution in [0.2, 0.25) is 0 Å². The first kappa shape index (κ1) is 13.0. The summed E-state index contributed by atoms with van der Waals surface area (Å²) < 4.78 is 37.8. The monoisotopic (exact) mass is 244 g/mol. The van der Waals surface area contributed by atoms with Crippen LogP contribution in [0.1, 0.15) is 16.7 Å². The highest BCUT2D eigenvalue weighted by Gasteiger charge is 2.35. The fraction of sp³-hybridized carbons (Fsp3) is 0.300. The minimum Gasteiger partial charge on any atom is -0.258 e. The Hall–Kier alpha value is -2.10. The molecule has 4 nitrogen and oxygen atoms in total. The maximum atomic E-state index is 12.6. The van der Waals surface area contributed by atoms with Crippen LogP contribution >= 0.6 is 0 Å². The van der Waals surface area contributed by atoms with Gasteiger partial charge in [-0.15, -0.1) is 0 Å². The number of benzene rings is 1. The van der Waals surface area contributed by atoms with E-state index in [1.807, 2.05) is 0 Å². The Morgan fingerprint density at radius 2 is 2.06 bits per heavy atom. The summed E-state index contributed by atoms with van der Waals surface area (Å²) in [6.45, 7) is 1.33. The van der Waals surface area contributed by atoms with Crippen molar-refractivity contribution in [2.75, 3.05) is 0 Å². The minimum absolute atomic E-state index is 0.105. The van der Waals surface area contributed by atoms with Crippen LogP contribution in [0.4, 0.5) is 18.9 Å². The molecular weight excluding hydrogens is 237 g/mol. The molecule has 0 heterocycles. The molecule has 0 aliphatic heterocycles. The predicted octanol–water partition coefficient (Wildman–Crippen LogP) is 2.99. The third-order valence-electron chi connectivity index (χ3n) is 2.19. The molecule has 0 aliphatic rings. The molecule has 0 aromatic heterocycles. The number of nitriles is 1. The molecule has 0 spiro atoms. The molecule has 1 aromatic carbocycles. The van der Waals surface area contributed by atoms with Gasteiger partial charge in [-0.3, -0.25) is 10.1 Å². The van der Waals surface area contributed by atoms with E-state index < -0.39 is 28.8 Å². The van der Waals surface area contributed by atoms with E-state index in [-0.39, 0.29) is 11.1 Å². The fourth-order valence-corrected chi connectivity index (χ4v) is 1.45. The third-order valence-corrected chi connectivity index (χ3v) is 2.19. The van der Waals surface area contributed by atoms with Crippen LogP contribution in [-0.2, 0) is 12.6 Å². The van der Waals surface area contributed by atoms with Crippen LogP contribution in [0.3, 0.4) is 0 Å². The number of nitrogens with zero attached hydrogens (tertiary/aromatic N) is 2. The van der Waals surface area contributed by atoms with Gasteiger partial charge in [-0.1, -0.05) is 0 Å². The molecule has 0 saturated heterocycles. The molecule has 90 valence electrons. The Balaban J connectivity index is 3.49. The minimum atomic E-state index is -4.70. The van der Waals surface area contributed by atoms with Gasteiger partial charge >= 0.3 is 6.18 Å². The largest absolute Gasteiger partial charge is 0.416 e. The van der Waals surface area contributed by atoms with Crippen LogP contribution in [0, 0.1) is 28.4 Å². The lowest BCUT2D eigenvalue weighted by atomic mass is 10.0. The second-order valence-corrected chi connectivity index (χ2v) is 3.39. The van der Waals surface area contributed by atoms with Gasteiger partial charge in [0.15, 0.2) is 0 Å². The van der Waals surface area contributed by atoms with E-state index in [9.17, 15) is 23.3 Å². The normalized spacial score (nSPS) is 11.0. The molecule has 0 unspecified atom stereocenters. The zero-order valence-corrected chi connectivity index (χ0v) is 8.71. The topological polar surface area (TPSA) is 66.9 Å². The van der Waals surface area contributed by atoms with Gasteiger partial charge in [-0.25, -0.2) is 0 Å². The summed E-state index contributed by atoms with van der Waals surface area (Å²) in [5, 5.41) is 19.0. The molecule has 17 heavy (non-hydrogen) atoms. The molecule has 0 aliphatic carbocycles. The Morgan fingerprint density at radius 3 is 2.47 bits per heavy atom. The van der Waals surface area contributed by atoms with Crippen molar-refractivity contribution < 1.29 is 18.1 Å². The van der Waals surface area contributed by atoms with Crippen molar-refractivity contribution in [1.82, 2.24) is 0 Å². The number of nitro groups is 1. The molecule has 1 aromatic rings. The number of nitro benzene ring substituents is 1. The highest BCUT2D eigenvalue weighted by Crippen LogP contribution is 2.36. The number of halogens is 3. The Morgan fingerprint density at radius 1 is 1.47 bits per heavy atom. The molecule has 0 amide bonds. The first-order chi connectivity index (χ1) is 7.77. The number of alkyl halides is 3. The van der Waals surface area contributed by atoms with E-state index in [0.717, 1.165) is 6.07 Å². The average molecular weight is 244 g/mol. The molecule has 0 radical (unpaired) electrons. The number of hydrogen-bond acceptors (Lipinski definition) is 3. The summed E-state index contributed by atoms with van der Waals surface area (Å²) in [4.78, 5) is 9.67. The molecule has 0 atom stereocenters. The van der Waals surface area contributed by atoms with Gasteiger partial charge in [0.25, 0.3) is 5.69 Å². The number of aryl methyl sites for hydroxylation is 1. The molecule has 1 rings (SSSR count). The highest BCUT2D eigenvalue weighted by atomic mass is 19.4. The lowest BCUT2D eigenvalue weighted by Crippen LogP contribution is -2.10. The van der Waals surface area contributed by atoms with Crippen LogP contribution < -0.4 is 0 Å². The second kappa shape index (κ2) is 4.41. The van der Waals surface area contributed by atoms with Gasteiger partial charge in [0.1, 0.15) is 0 Å². The van der Waals surface area contributed by atoms with E-state index in [1.54, 1.807) is 6.07 Å². The van der Waals surface area contributed by atoms with Crippen molar-refractivity contribution in [3.05, 3.63) is 38.9 Å². The molecule has 7 heteroatoms. The Kier molecular flexibility index (Phi) is 3.36. The highest BCUT2D eigenvalue weighted by molar-refractivity contribution is 5.48. The maximum Gasteiger partial charge on any atom is 0.416 e. The third kappa shape index (κ3) is 2.72. The summed E-state index contributed by atoms with van der Waals surface area (Å²) >= 11 is 0. The average Bonchev–Trinajstić information content (AvgIpc) is 2.15. The van der Waals surface area contributed by atoms with Crippen LogP contribution in [0.25, 0.3) is 0 Å². The summed E-state index contributed by atoms with van der Waals surface area (Å²) in [6.07, 6.45) is -5.14. The predicted molar refractivity (Wildman–Crippen MR) is 52.2 cm³/mol. The van der Waals surface area contributed by atoms with E-state index >= 15 is 0 Å². The van der Waals surface area contributed by atoms with Crippen molar-refractivity contribution in [2.45, 2.75) is 19.5 Å². The summed E-state index contributed by atoms with van der Waals surface area (Å²) in [6, 6.07) is 3.11. The van der Waals surface area contributed by atoms with Gasteiger partial charge in [0, 0.05) is 11.6 Å². The van der Waals surface area contributed by atoms with Crippen molar-refractivity contribution in [1.29, 1.82) is 5.26 Å². The molecular formula is C10H7F3N2O2. The van der Waals surface area contributed by atoms with Gasteiger partial charge in [-0.2, -0.15) is 18.4 Å². The molecule has 0 bridgehead atoms. The Labute approximate surface area is 94.4 Å². The zero-order chi connectivity index (χ0) is 13.2. The van der Waals surface area contributed by atoms with Crippen molar-refractivity contribution in [2.24, 2.45) is 0 Å². The van der Waals surface area contributed by atoms with E-state index in [1.165, 1.54) is 6.92 Å². The summed E-state index contributed by atoms with van der Waals surface area (Å²) in [7, 11) is 0. The molecule has 0 fully saturated rings. The zero-order valence-electron chi connectivity index (χ0n) is 8.71. The van der Waals surface area contributed by atoms with E-state index in [0.29, 0.717) is 6.07 Å². The smallest absolute Gasteiger partial charge is 0.258 e. The fourth-order valence-electron chi connectivity index (χ4n) is 1.45. The molecule has 0 N–H and O–H groups in total. The van der Waals surface area contributed by atoms with Crippen molar-refractivity contribution in [3.8, 4) is 6.07 Å².